The molecule has 1 saturated heterocycles. The van der Waals surface area contributed by atoms with Gasteiger partial charge < -0.3 is 10.2 Å². The maximum Gasteiger partial charge on any atom is 0.490 e. The van der Waals surface area contributed by atoms with Gasteiger partial charge >= 0.3 is 24.3 Å². The topological polar surface area (TPSA) is 139 Å². The maximum atomic E-state index is 13.2. The lowest BCUT2D eigenvalue weighted by Crippen LogP contribution is -2.42. The van der Waals surface area contributed by atoms with Crippen LogP contribution in [-0.2, 0) is 28.1 Å². The summed E-state index contributed by atoms with van der Waals surface area (Å²) in [5, 5.41) is 23.2. The Balaban J connectivity index is 0.000000317. The van der Waals surface area contributed by atoms with Crippen molar-refractivity contribution in [2.24, 2.45) is 0 Å². The van der Waals surface area contributed by atoms with Gasteiger partial charge in [0, 0.05) is 29.8 Å². The van der Waals surface area contributed by atoms with E-state index in [9.17, 15) is 31.1 Å². The van der Waals surface area contributed by atoms with Crippen LogP contribution < -0.4 is 5.56 Å². The van der Waals surface area contributed by atoms with Gasteiger partial charge in [-0.25, -0.2) is 9.59 Å². The average Bonchev–Trinajstić information content (AvgIpc) is 3.29. The molecule has 10 nitrogen and oxygen atoms in total. The van der Waals surface area contributed by atoms with E-state index in [-0.39, 0.29) is 11.0 Å². The highest BCUT2D eigenvalue weighted by Gasteiger charge is 2.44. The molecule has 44 heavy (non-hydrogen) atoms. The van der Waals surface area contributed by atoms with E-state index in [1.165, 1.54) is 5.56 Å². The lowest BCUT2D eigenvalue weighted by molar-refractivity contribution is -0.193. The van der Waals surface area contributed by atoms with Crippen LogP contribution in [0.4, 0.5) is 26.3 Å². The number of benzene rings is 1. The summed E-state index contributed by atoms with van der Waals surface area (Å²) in [5.41, 5.74) is 4.62. The predicted octanol–water partition coefficient (Wildman–Crippen LogP) is 4.52. The van der Waals surface area contributed by atoms with E-state index < -0.39 is 24.3 Å². The molecule has 0 unspecified atom stereocenters. The number of aryl methyl sites for hydroxylation is 2. The van der Waals surface area contributed by atoms with Crippen LogP contribution in [-0.4, -0.2) is 72.2 Å². The Hall–Kier alpha value is -4.34. The summed E-state index contributed by atoms with van der Waals surface area (Å²) in [5.74, 6) is -4.63. The second kappa shape index (κ2) is 13.5. The molecule has 1 aromatic carbocycles. The monoisotopic (exact) mass is 629 g/mol. The number of aromatic nitrogens is 4. The first kappa shape index (κ1) is 34.2. The molecule has 1 spiro atoms. The zero-order valence-electron chi connectivity index (χ0n) is 23.6. The molecule has 0 saturated carbocycles. The minimum absolute atomic E-state index is 0.00730. The number of aliphatic carboxylic acids is 2. The van der Waals surface area contributed by atoms with Crippen LogP contribution in [0.15, 0.2) is 47.3 Å². The molecule has 0 aliphatic carbocycles. The van der Waals surface area contributed by atoms with Crippen molar-refractivity contribution in [3.8, 4) is 11.3 Å². The minimum Gasteiger partial charge on any atom is -0.475 e. The maximum absolute atomic E-state index is 13.2. The van der Waals surface area contributed by atoms with E-state index in [0.717, 1.165) is 68.2 Å². The Morgan fingerprint density at radius 1 is 0.841 bits per heavy atom. The number of pyridine rings is 1. The van der Waals surface area contributed by atoms with Crippen molar-refractivity contribution in [1.82, 2.24) is 24.6 Å². The van der Waals surface area contributed by atoms with Crippen LogP contribution in [0, 0.1) is 13.8 Å². The fraction of sp³-hybridized carbons (Fsp3) is 0.429. The number of hydrogen-bond donors (Lipinski definition) is 2. The third-order valence-electron chi connectivity index (χ3n) is 7.19. The largest absolute Gasteiger partial charge is 0.490 e. The van der Waals surface area contributed by atoms with Crippen molar-refractivity contribution in [3.63, 3.8) is 0 Å². The molecule has 2 N–H and O–H groups in total. The van der Waals surface area contributed by atoms with Crippen LogP contribution in [0.3, 0.4) is 0 Å². The lowest BCUT2D eigenvalue weighted by Gasteiger charge is -2.38. The molecular formula is C28H29F6N5O5. The fourth-order valence-electron chi connectivity index (χ4n) is 4.88. The second-order valence-corrected chi connectivity index (χ2v) is 10.4. The number of rotatable bonds is 3. The molecule has 1 fully saturated rings. The Morgan fingerprint density at radius 3 is 1.86 bits per heavy atom. The van der Waals surface area contributed by atoms with E-state index in [0.29, 0.717) is 5.69 Å². The summed E-state index contributed by atoms with van der Waals surface area (Å²) in [6, 6.07) is 14.1. The van der Waals surface area contributed by atoms with Crippen LogP contribution in [0.1, 0.15) is 42.0 Å². The normalized spacial score (nSPS) is 15.8. The summed E-state index contributed by atoms with van der Waals surface area (Å²) in [6.07, 6.45) is -7.17. The first-order valence-electron chi connectivity index (χ1n) is 13.2. The molecule has 4 heterocycles. The highest BCUT2D eigenvalue weighted by atomic mass is 19.4. The van der Waals surface area contributed by atoms with Crippen LogP contribution in [0.5, 0.6) is 0 Å². The first-order chi connectivity index (χ1) is 20.4. The average molecular weight is 630 g/mol. The molecule has 3 aromatic rings. The molecule has 5 rings (SSSR count). The van der Waals surface area contributed by atoms with Crippen molar-refractivity contribution < 1.29 is 46.1 Å². The van der Waals surface area contributed by atoms with E-state index in [4.69, 9.17) is 19.8 Å². The number of piperidine rings is 1. The number of nitrogens with zero attached hydrogens (tertiary/aromatic N) is 5. The van der Waals surface area contributed by atoms with Gasteiger partial charge in [0.15, 0.2) is 5.69 Å². The number of alkyl halides is 6. The van der Waals surface area contributed by atoms with Gasteiger partial charge in [0.25, 0.3) is 5.56 Å². The van der Waals surface area contributed by atoms with Gasteiger partial charge in [-0.3, -0.25) is 19.2 Å². The van der Waals surface area contributed by atoms with Gasteiger partial charge in [0.05, 0.1) is 5.69 Å². The Morgan fingerprint density at radius 2 is 1.36 bits per heavy atom. The summed E-state index contributed by atoms with van der Waals surface area (Å²) in [6.45, 7) is 7.67. The molecule has 0 atom stereocenters. The quantitative estimate of drug-likeness (QED) is 0.401. The number of fused-ring (bicyclic) bond motifs is 2. The molecule has 0 bridgehead atoms. The Labute approximate surface area is 247 Å². The van der Waals surface area contributed by atoms with Crippen LogP contribution in [0.25, 0.3) is 11.3 Å². The van der Waals surface area contributed by atoms with E-state index in [1.54, 1.807) is 0 Å². The fourth-order valence-corrected chi connectivity index (χ4v) is 4.88. The van der Waals surface area contributed by atoms with Gasteiger partial charge in [-0.05, 0) is 58.3 Å². The lowest BCUT2D eigenvalue weighted by atomic mass is 9.76. The zero-order valence-corrected chi connectivity index (χ0v) is 23.6. The van der Waals surface area contributed by atoms with Gasteiger partial charge in [0.1, 0.15) is 5.82 Å². The number of carboxylic acid groups (broad SMARTS) is 2. The smallest absolute Gasteiger partial charge is 0.475 e. The summed E-state index contributed by atoms with van der Waals surface area (Å²) >= 11 is 0. The molecule has 238 valence electrons. The number of hydrogen-bond acceptors (Lipinski definition) is 7. The molecule has 0 amide bonds. The summed E-state index contributed by atoms with van der Waals surface area (Å²) < 4.78 is 65.3. The molecule has 0 radical (unpaired) electrons. The van der Waals surface area contributed by atoms with Crippen molar-refractivity contribution in [1.29, 1.82) is 0 Å². The molecule has 16 heteroatoms. The molecule has 2 aliphatic heterocycles. The van der Waals surface area contributed by atoms with E-state index in [1.807, 2.05) is 48.7 Å². The highest BCUT2D eigenvalue weighted by Crippen LogP contribution is 2.41. The third kappa shape index (κ3) is 8.61. The Bertz CT molecular complexity index is 1510. The SMILES string of the molecule is Cc1ccc(-c2nnc3n(c2=O)CCC32CCN(Cc3cccc(C)n3)CC2)cc1.O=C(O)C(F)(F)F.O=C(O)C(F)(F)F. The van der Waals surface area contributed by atoms with E-state index in [2.05, 4.69) is 32.2 Å². The van der Waals surface area contributed by atoms with Gasteiger partial charge in [0.2, 0.25) is 0 Å². The number of carbonyl (C=O) groups is 2. The third-order valence-corrected chi connectivity index (χ3v) is 7.19. The van der Waals surface area contributed by atoms with Crippen molar-refractivity contribution in [2.45, 2.75) is 64.0 Å². The molecule has 2 aliphatic rings. The predicted molar refractivity (Wildman–Crippen MR) is 144 cm³/mol. The minimum atomic E-state index is -5.08. The molecular weight excluding hydrogens is 600 g/mol. The van der Waals surface area contributed by atoms with Crippen molar-refractivity contribution >= 4 is 11.9 Å². The Kier molecular flexibility index (Phi) is 10.5. The first-order valence-corrected chi connectivity index (χ1v) is 13.2. The molecule has 2 aromatic heterocycles. The second-order valence-electron chi connectivity index (χ2n) is 10.4. The zero-order chi connectivity index (χ0) is 32.9. The number of halogens is 6. The van der Waals surface area contributed by atoms with Crippen LogP contribution >= 0.6 is 0 Å². The van der Waals surface area contributed by atoms with Crippen LogP contribution in [0.2, 0.25) is 0 Å². The number of likely N-dealkylation sites (tertiary alicyclic amines) is 1. The van der Waals surface area contributed by atoms with Gasteiger partial charge in [-0.15, -0.1) is 10.2 Å². The van der Waals surface area contributed by atoms with Crippen molar-refractivity contribution in [3.05, 3.63) is 75.6 Å². The summed E-state index contributed by atoms with van der Waals surface area (Å²) in [7, 11) is 0. The summed E-state index contributed by atoms with van der Waals surface area (Å²) in [4.78, 5) is 38.0. The van der Waals surface area contributed by atoms with Gasteiger partial charge in [-0.1, -0.05) is 35.9 Å². The van der Waals surface area contributed by atoms with Crippen molar-refractivity contribution in [2.75, 3.05) is 13.1 Å². The van der Waals surface area contributed by atoms with E-state index >= 15 is 0 Å². The van der Waals surface area contributed by atoms with Gasteiger partial charge in [-0.2, -0.15) is 26.3 Å². The highest BCUT2D eigenvalue weighted by molar-refractivity contribution is 5.73. The standard InChI is InChI=1S/C24H27N5O.2C2HF3O2/c1-17-6-8-19(9-7-17)21-22(30)29-15-12-24(23(29)27-26-21)10-13-28(14-11-24)16-20-5-3-4-18(2)25-20;2*3-2(4,5)1(6)7/h3-9H,10-16H2,1-2H3;2*(H,6,7). The number of carboxylic acids is 2.